The number of rotatable bonds is 0. The van der Waals surface area contributed by atoms with Gasteiger partial charge in [0.05, 0.1) is 12.2 Å². The van der Waals surface area contributed by atoms with E-state index in [1.807, 2.05) is 27.7 Å². The summed E-state index contributed by atoms with van der Waals surface area (Å²) in [5, 5.41) is 0. The van der Waals surface area contributed by atoms with Gasteiger partial charge in [-0.1, -0.05) is 0 Å². The van der Waals surface area contributed by atoms with E-state index in [2.05, 4.69) is 0 Å². The molecule has 0 aromatic rings. The number of carbonyl (C=O) groups excluding carboxylic acids is 1. The Bertz CT molecular complexity index is 387. The minimum Gasteiger partial charge on any atom is -0.342 e. The smallest absolute Gasteiger partial charge is 0.232 e. The Hall–Kier alpha value is -0.490. The van der Waals surface area contributed by atoms with Crippen molar-refractivity contribution in [3.8, 4) is 0 Å². The van der Waals surface area contributed by atoms with E-state index in [0.29, 0.717) is 13.0 Å². The maximum atomic E-state index is 12.6. The first kappa shape index (κ1) is 12.5. The number of Topliss-reactive ketones (excluding diaryl/α,β-unsaturated/α-hetero) is 1. The molecule has 0 unspecified atom stereocenters. The van der Waals surface area contributed by atoms with E-state index in [4.69, 9.17) is 18.9 Å². The number of fused-ring (bicyclic) bond motifs is 1. The van der Waals surface area contributed by atoms with Crippen molar-refractivity contribution < 1.29 is 23.7 Å². The van der Waals surface area contributed by atoms with Crippen LogP contribution in [0.4, 0.5) is 0 Å². The van der Waals surface area contributed by atoms with Crippen LogP contribution in [0.25, 0.3) is 0 Å². The number of ketones is 1. The second kappa shape index (κ2) is 3.54. The van der Waals surface area contributed by atoms with Crippen molar-refractivity contribution >= 4 is 5.78 Å². The largest absolute Gasteiger partial charge is 0.342 e. The van der Waals surface area contributed by atoms with E-state index in [1.165, 1.54) is 0 Å². The van der Waals surface area contributed by atoms with Crippen LogP contribution < -0.4 is 0 Å². The lowest BCUT2D eigenvalue weighted by molar-refractivity contribution is -0.259. The molecule has 3 aliphatic rings. The maximum absolute atomic E-state index is 12.6. The van der Waals surface area contributed by atoms with Gasteiger partial charge in [0.1, 0.15) is 6.10 Å². The van der Waals surface area contributed by atoms with Crippen molar-refractivity contribution in [2.45, 2.75) is 69.9 Å². The summed E-state index contributed by atoms with van der Waals surface area (Å²) < 4.78 is 22.9. The highest BCUT2D eigenvalue weighted by Gasteiger charge is 2.61. The first-order valence-corrected chi connectivity index (χ1v) is 6.47. The molecule has 3 atom stereocenters. The molecule has 0 radical (unpaired) electrons. The third-order valence-corrected chi connectivity index (χ3v) is 3.80. The van der Waals surface area contributed by atoms with Gasteiger partial charge in [0.25, 0.3) is 0 Å². The molecule has 0 N–H and O–H groups in total. The zero-order valence-electron chi connectivity index (χ0n) is 11.3. The Balaban J connectivity index is 1.84. The van der Waals surface area contributed by atoms with Crippen molar-refractivity contribution in [2.24, 2.45) is 0 Å². The van der Waals surface area contributed by atoms with E-state index in [1.54, 1.807) is 0 Å². The lowest BCUT2D eigenvalue weighted by Crippen LogP contribution is -2.57. The fourth-order valence-electron chi connectivity index (χ4n) is 2.97. The average Bonchev–Trinajstić information content (AvgIpc) is 2.71. The van der Waals surface area contributed by atoms with Crippen LogP contribution >= 0.6 is 0 Å². The fraction of sp³-hybridized carbons (Fsp3) is 0.923. The minimum atomic E-state index is -1.12. The zero-order chi connectivity index (χ0) is 13.2. The molecule has 0 aromatic heterocycles. The molecule has 0 aliphatic carbocycles. The van der Waals surface area contributed by atoms with Crippen molar-refractivity contribution in [2.75, 3.05) is 6.61 Å². The molecule has 0 bridgehead atoms. The van der Waals surface area contributed by atoms with Crippen molar-refractivity contribution in [3.05, 3.63) is 0 Å². The summed E-state index contributed by atoms with van der Waals surface area (Å²) >= 11 is 0. The van der Waals surface area contributed by atoms with E-state index in [9.17, 15) is 4.79 Å². The molecule has 0 amide bonds. The van der Waals surface area contributed by atoms with Crippen LogP contribution in [0.5, 0.6) is 0 Å². The van der Waals surface area contributed by atoms with Gasteiger partial charge in [0.15, 0.2) is 11.9 Å². The van der Waals surface area contributed by atoms with Gasteiger partial charge in [-0.15, -0.1) is 0 Å². The summed E-state index contributed by atoms with van der Waals surface area (Å²) in [4.78, 5) is 12.6. The summed E-state index contributed by atoms with van der Waals surface area (Å²) in [6.45, 7) is 7.91. The molecule has 102 valence electrons. The molecule has 1 spiro atoms. The predicted octanol–water partition coefficient (Wildman–Crippen LogP) is 1.39. The highest BCUT2D eigenvalue weighted by atomic mass is 16.8. The molecule has 3 fully saturated rings. The Morgan fingerprint density at radius 3 is 2.44 bits per heavy atom. The number of ether oxygens (including phenoxy) is 4. The highest BCUT2D eigenvalue weighted by molar-refractivity contribution is 5.91. The van der Waals surface area contributed by atoms with Crippen LogP contribution in [0, 0.1) is 0 Å². The topological polar surface area (TPSA) is 54.0 Å². The first-order chi connectivity index (χ1) is 8.23. The number of hydrogen-bond acceptors (Lipinski definition) is 5. The summed E-state index contributed by atoms with van der Waals surface area (Å²) in [5.74, 6) is -1.97. The zero-order valence-corrected chi connectivity index (χ0v) is 11.3. The summed E-state index contributed by atoms with van der Waals surface area (Å²) in [7, 11) is 0. The van der Waals surface area contributed by atoms with Crippen LogP contribution in [0.15, 0.2) is 0 Å². The second-order valence-electron chi connectivity index (χ2n) is 6.38. The van der Waals surface area contributed by atoms with Gasteiger partial charge in [-0.05, 0) is 34.1 Å². The van der Waals surface area contributed by atoms with Gasteiger partial charge in [0, 0.05) is 6.42 Å². The lowest BCUT2D eigenvalue weighted by atomic mass is 9.95. The van der Waals surface area contributed by atoms with E-state index in [-0.39, 0.29) is 17.5 Å². The molecule has 5 heteroatoms. The van der Waals surface area contributed by atoms with Gasteiger partial charge in [0.2, 0.25) is 11.6 Å². The quantitative estimate of drug-likeness (QED) is 0.655. The van der Waals surface area contributed by atoms with Crippen molar-refractivity contribution in [3.63, 3.8) is 0 Å². The molecule has 5 nitrogen and oxygen atoms in total. The van der Waals surface area contributed by atoms with Gasteiger partial charge >= 0.3 is 0 Å². The predicted molar refractivity (Wildman–Crippen MR) is 61.9 cm³/mol. The first-order valence-electron chi connectivity index (χ1n) is 6.47. The van der Waals surface area contributed by atoms with Crippen LogP contribution in [-0.2, 0) is 23.7 Å². The van der Waals surface area contributed by atoms with Gasteiger partial charge < -0.3 is 18.9 Å². The Labute approximate surface area is 107 Å². The summed E-state index contributed by atoms with van der Waals surface area (Å²) in [5.41, 5.74) is -0.322. The standard InChI is InChI=1S/C13H20O5/c1-11(2)5-6-13(18-11)10(14)9-8(7-15-13)16-12(3,4)17-9/h8-9H,5-7H2,1-4H3/t8-,9-,13+/m1/s1. The maximum Gasteiger partial charge on any atom is 0.232 e. The third kappa shape index (κ3) is 1.81. The van der Waals surface area contributed by atoms with Crippen LogP contribution in [0.2, 0.25) is 0 Å². The SMILES string of the molecule is CC1(C)CC[C@]2(OC[C@H]3OC(C)(C)O[C@H]3C2=O)O1. The molecule has 3 saturated heterocycles. The fourth-order valence-corrected chi connectivity index (χ4v) is 2.97. The Morgan fingerprint density at radius 1 is 1.11 bits per heavy atom. The highest BCUT2D eigenvalue weighted by Crippen LogP contribution is 2.45. The van der Waals surface area contributed by atoms with Gasteiger partial charge in [-0.25, -0.2) is 0 Å². The van der Waals surface area contributed by atoms with E-state index >= 15 is 0 Å². The second-order valence-corrected chi connectivity index (χ2v) is 6.38. The van der Waals surface area contributed by atoms with E-state index in [0.717, 1.165) is 6.42 Å². The summed E-state index contributed by atoms with van der Waals surface area (Å²) in [6, 6.07) is 0. The lowest BCUT2D eigenvalue weighted by Gasteiger charge is -2.37. The van der Waals surface area contributed by atoms with Crippen molar-refractivity contribution in [1.29, 1.82) is 0 Å². The Morgan fingerprint density at radius 2 is 1.83 bits per heavy atom. The van der Waals surface area contributed by atoms with Gasteiger partial charge in [-0.2, -0.15) is 0 Å². The van der Waals surface area contributed by atoms with E-state index < -0.39 is 17.7 Å². The molecular weight excluding hydrogens is 236 g/mol. The average molecular weight is 256 g/mol. The molecule has 3 rings (SSSR count). The third-order valence-electron chi connectivity index (χ3n) is 3.80. The van der Waals surface area contributed by atoms with Gasteiger partial charge in [-0.3, -0.25) is 4.79 Å². The Kier molecular flexibility index (Phi) is 2.46. The number of hydrogen-bond donors (Lipinski definition) is 0. The molecule has 0 saturated carbocycles. The minimum absolute atomic E-state index is 0.130. The van der Waals surface area contributed by atoms with Crippen LogP contribution in [-0.4, -0.2) is 41.8 Å². The summed E-state index contributed by atoms with van der Waals surface area (Å²) in [6.07, 6.45) is 0.514. The molecular formula is C13H20O5. The molecule has 3 aliphatic heterocycles. The molecule has 3 heterocycles. The van der Waals surface area contributed by atoms with Crippen molar-refractivity contribution in [1.82, 2.24) is 0 Å². The molecule has 0 aromatic carbocycles. The molecule has 18 heavy (non-hydrogen) atoms. The van der Waals surface area contributed by atoms with Crippen LogP contribution in [0.3, 0.4) is 0 Å². The normalized spacial score (nSPS) is 45.4. The number of carbonyl (C=O) groups is 1. The van der Waals surface area contributed by atoms with Crippen LogP contribution in [0.1, 0.15) is 40.5 Å². The monoisotopic (exact) mass is 256 g/mol.